The number of hydrogen-bond donors (Lipinski definition) is 1. The van der Waals surface area contributed by atoms with Crippen molar-refractivity contribution < 1.29 is 14.3 Å². The number of amides is 2. The van der Waals surface area contributed by atoms with E-state index in [-0.39, 0.29) is 18.4 Å². The van der Waals surface area contributed by atoms with Crippen LogP contribution in [0.2, 0.25) is 0 Å². The van der Waals surface area contributed by atoms with E-state index in [2.05, 4.69) is 5.32 Å². The summed E-state index contributed by atoms with van der Waals surface area (Å²) in [6, 6.07) is 7.26. The lowest BCUT2D eigenvalue weighted by atomic mass is 10.1. The molecule has 5 heteroatoms. The average Bonchev–Trinajstić information content (AvgIpc) is 2.43. The number of anilines is 1. The summed E-state index contributed by atoms with van der Waals surface area (Å²) in [5.41, 5.74) is 0.716. The Balaban J connectivity index is 2.16. The number of benzene rings is 1. The van der Waals surface area contributed by atoms with Crippen LogP contribution < -0.4 is 15.0 Å². The zero-order valence-corrected chi connectivity index (χ0v) is 12.1. The minimum Gasteiger partial charge on any atom is -0.477 e. The van der Waals surface area contributed by atoms with Crippen LogP contribution in [0.4, 0.5) is 5.69 Å². The minimum absolute atomic E-state index is 0.0950. The molecule has 0 aromatic heterocycles. The number of ether oxygens (including phenoxy) is 1. The highest BCUT2D eigenvalue weighted by Crippen LogP contribution is 2.33. The first-order valence-electron chi connectivity index (χ1n) is 6.80. The number of nitrogens with one attached hydrogen (secondary N) is 1. The number of carbonyl (C=O) groups excluding carboxylic acids is 2. The number of rotatable bonds is 3. The van der Waals surface area contributed by atoms with Gasteiger partial charge in [0.05, 0.1) is 12.2 Å². The maximum Gasteiger partial charge on any atom is 0.262 e. The van der Waals surface area contributed by atoms with Crippen LogP contribution in [-0.2, 0) is 9.59 Å². The molecule has 0 bridgehead atoms. The van der Waals surface area contributed by atoms with Crippen molar-refractivity contribution in [3.63, 3.8) is 0 Å². The third-order valence-corrected chi connectivity index (χ3v) is 3.13. The molecule has 0 fully saturated rings. The predicted octanol–water partition coefficient (Wildman–Crippen LogP) is 1.57. The van der Waals surface area contributed by atoms with Crippen LogP contribution in [0.3, 0.4) is 0 Å². The fraction of sp³-hybridized carbons (Fsp3) is 0.467. The second-order valence-electron chi connectivity index (χ2n) is 5.34. The molecule has 1 atom stereocenters. The minimum atomic E-state index is -0.660. The Morgan fingerprint density at radius 1 is 1.40 bits per heavy atom. The Labute approximate surface area is 118 Å². The first kappa shape index (κ1) is 14.4. The van der Waals surface area contributed by atoms with E-state index in [0.29, 0.717) is 23.9 Å². The second-order valence-corrected chi connectivity index (χ2v) is 5.34. The third kappa shape index (κ3) is 3.10. The molecule has 1 aliphatic heterocycles. The first-order valence-corrected chi connectivity index (χ1v) is 6.80. The molecule has 2 rings (SSSR count). The van der Waals surface area contributed by atoms with Crippen molar-refractivity contribution in [2.24, 2.45) is 5.92 Å². The van der Waals surface area contributed by atoms with Crippen molar-refractivity contribution >= 4 is 17.5 Å². The SMILES string of the molecule is CC(=O)N1CC(C(=O)NCC(C)C)Oc2ccccc21. The van der Waals surface area contributed by atoms with E-state index >= 15 is 0 Å². The van der Waals surface area contributed by atoms with Gasteiger partial charge in [0.15, 0.2) is 6.10 Å². The highest BCUT2D eigenvalue weighted by molar-refractivity contribution is 5.95. The van der Waals surface area contributed by atoms with Crippen molar-refractivity contribution in [1.29, 1.82) is 0 Å². The number of carbonyl (C=O) groups is 2. The van der Waals surface area contributed by atoms with Crippen molar-refractivity contribution in [2.75, 3.05) is 18.0 Å². The zero-order chi connectivity index (χ0) is 14.7. The second kappa shape index (κ2) is 5.94. The Morgan fingerprint density at radius 2 is 2.10 bits per heavy atom. The quantitative estimate of drug-likeness (QED) is 0.911. The molecule has 0 aliphatic carbocycles. The third-order valence-electron chi connectivity index (χ3n) is 3.13. The van der Waals surface area contributed by atoms with Crippen LogP contribution in [0, 0.1) is 5.92 Å². The van der Waals surface area contributed by atoms with Crippen molar-refractivity contribution in [1.82, 2.24) is 5.32 Å². The number of nitrogens with zero attached hydrogens (tertiary/aromatic N) is 1. The van der Waals surface area contributed by atoms with Gasteiger partial charge < -0.3 is 15.0 Å². The van der Waals surface area contributed by atoms with Crippen LogP contribution in [0.5, 0.6) is 5.75 Å². The zero-order valence-electron chi connectivity index (χ0n) is 12.1. The number of hydrogen-bond acceptors (Lipinski definition) is 3. The van der Waals surface area contributed by atoms with E-state index in [1.165, 1.54) is 6.92 Å². The molecule has 1 aliphatic rings. The largest absolute Gasteiger partial charge is 0.477 e. The van der Waals surface area contributed by atoms with E-state index in [0.717, 1.165) is 0 Å². The molecule has 0 saturated carbocycles. The summed E-state index contributed by atoms with van der Waals surface area (Å²) in [4.78, 5) is 25.4. The normalized spacial score (nSPS) is 17.4. The summed E-state index contributed by atoms with van der Waals surface area (Å²) >= 11 is 0. The molecular formula is C15H20N2O3. The molecule has 0 saturated heterocycles. The molecule has 1 unspecified atom stereocenters. The van der Waals surface area contributed by atoms with Crippen LogP contribution in [0.1, 0.15) is 20.8 Å². The fourth-order valence-electron chi connectivity index (χ4n) is 2.09. The van der Waals surface area contributed by atoms with Gasteiger partial charge in [0, 0.05) is 13.5 Å². The Kier molecular flexibility index (Phi) is 4.27. The average molecular weight is 276 g/mol. The molecule has 108 valence electrons. The van der Waals surface area contributed by atoms with Crippen LogP contribution in [0.15, 0.2) is 24.3 Å². The lowest BCUT2D eigenvalue weighted by Gasteiger charge is -2.33. The lowest BCUT2D eigenvalue weighted by Crippen LogP contribution is -2.50. The Morgan fingerprint density at radius 3 is 2.75 bits per heavy atom. The molecule has 1 aromatic rings. The monoisotopic (exact) mass is 276 g/mol. The van der Waals surface area contributed by atoms with Crippen molar-refractivity contribution in [3.05, 3.63) is 24.3 Å². The summed E-state index contributed by atoms with van der Waals surface area (Å²) in [7, 11) is 0. The summed E-state index contributed by atoms with van der Waals surface area (Å²) in [5, 5.41) is 2.84. The van der Waals surface area contributed by atoms with Gasteiger partial charge in [-0.2, -0.15) is 0 Å². The predicted molar refractivity (Wildman–Crippen MR) is 76.7 cm³/mol. The maximum atomic E-state index is 12.1. The van der Waals surface area contributed by atoms with Gasteiger partial charge in [-0.25, -0.2) is 0 Å². The number of fused-ring (bicyclic) bond motifs is 1. The molecule has 20 heavy (non-hydrogen) atoms. The van der Waals surface area contributed by atoms with Crippen molar-refractivity contribution in [3.8, 4) is 5.75 Å². The summed E-state index contributed by atoms with van der Waals surface area (Å²) in [6.07, 6.45) is -0.660. The number of para-hydroxylation sites is 2. The molecule has 5 nitrogen and oxygen atoms in total. The van der Waals surface area contributed by atoms with Crippen LogP contribution in [-0.4, -0.2) is 31.0 Å². The molecule has 0 spiro atoms. The molecule has 1 heterocycles. The Bertz CT molecular complexity index is 514. The summed E-state index contributed by atoms with van der Waals surface area (Å²) < 4.78 is 5.70. The topological polar surface area (TPSA) is 58.6 Å². The molecular weight excluding hydrogens is 256 g/mol. The summed E-state index contributed by atoms with van der Waals surface area (Å²) in [6.45, 7) is 6.39. The van der Waals surface area contributed by atoms with Gasteiger partial charge in [0.2, 0.25) is 5.91 Å². The van der Waals surface area contributed by atoms with Gasteiger partial charge in [0.25, 0.3) is 5.91 Å². The van der Waals surface area contributed by atoms with Gasteiger partial charge >= 0.3 is 0 Å². The van der Waals surface area contributed by atoms with E-state index in [1.54, 1.807) is 11.0 Å². The molecule has 1 N–H and O–H groups in total. The fourth-order valence-corrected chi connectivity index (χ4v) is 2.09. The summed E-state index contributed by atoms with van der Waals surface area (Å²) in [5.74, 6) is 0.666. The molecule has 2 amide bonds. The van der Waals surface area contributed by atoms with E-state index in [9.17, 15) is 9.59 Å². The van der Waals surface area contributed by atoms with E-state index in [4.69, 9.17) is 4.74 Å². The lowest BCUT2D eigenvalue weighted by molar-refractivity contribution is -0.128. The Hall–Kier alpha value is -2.04. The molecule has 1 aromatic carbocycles. The van der Waals surface area contributed by atoms with Gasteiger partial charge in [-0.3, -0.25) is 9.59 Å². The van der Waals surface area contributed by atoms with Gasteiger partial charge in [-0.1, -0.05) is 26.0 Å². The van der Waals surface area contributed by atoms with E-state index in [1.807, 2.05) is 32.0 Å². The molecule has 0 radical (unpaired) electrons. The highest BCUT2D eigenvalue weighted by Gasteiger charge is 2.32. The maximum absolute atomic E-state index is 12.1. The van der Waals surface area contributed by atoms with Crippen LogP contribution >= 0.6 is 0 Å². The van der Waals surface area contributed by atoms with E-state index < -0.39 is 6.10 Å². The first-order chi connectivity index (χ1) is 9.49. The smallest absolute Gasteiger partial charge is 0.262 e. The van der Waals surface area contributed by atoms with Gasteiger partial charge in [0.1, 0.15) is 5.75 Å². The van der Waals surface area contributed by atoms with Crippen LogP contribution in [0.25, 0.3) is 0 Å². The van der Waals surface area contributed by atoms with Crippen molar-refractivity contribution in [2.45, 2.75) is 26.9 Å². The standard InChI is InChI=1S/C15H20N2O3/c1-10(2)8-16-15(19)14-9-17(11(3)18)12-6-4-5-7-13(12)20-14/h4-7,10,14H,8-9H2,1-3H3,(H,16,19). The highest BCUT2D eigenvalue weighted by atomic mass is 16.5. The van der Waals surface area contributed by atoms with Gasteiger partial charge in [-0.15, -0.1) is 0 Å². The van der Waals surface area contributed by atoms with Gasteiger partial charge in [-0.05, 0) is 18.1 Å².